The zero-order valence-corrected chi connectivity index (χ0v) is 19.3. The number of hydrogen-bond donors (Lipinski definition) is 2. The maximum atomic E-state index is 13.0. The molecule has 170 valence electrons. The standard InChI is InChI=1S/C27H29N3O2S/c28-27(32)24(19-23-10-6-18-33-23)29-22(13-12-20-7-2-1-3-8-20)14-15-26(31)30-17-16-21-9-4-5-11-25(21)30/h1-11,14-15,18,22,24,29H,12-13,16-17,19H2,(H2,28,32)/t22?,24-/m0/s1. The Bertz CT molecular complexity index is 1100. The minimum atomic E-state index is -0.503. The average Bonchev–Trinajstić information content (AvgIpc) is 3.50. The van der Waals surface area contributed by atoms with Crippen LogP contribution in [0.4, 0.5) is 5.69 Å². The van der Waals surface area contributed by atoms with Crippen molar-refractivity contribution in [3.63, 3.8) is 0 Å². The highest BCUT2D eigenvalue weighted by Gasteiger charge is 2.24. The summed E-state index contributed by atoms with van der Waals surface area (Å²) in [5.41, 5.74) is 9.11. The monoisotopic (exact) mass is 459 g/mol. The molecule has 3 aromatic rings. The lowest BCUT2D eigenvalue weighted by atomic mass is 10.0. The normalized spacial score (nSPS) is 14.8. The molecule has 1 aliphatic heterocycles. The molecule has 4 rings (SSSR count). The van der Waals surface area contributed by atoms with Gasteiger partial charge < -0.3 is 10.6 Å². The number of rotatable bonds is 10. The van der Waals surface area contributed by atoms with Crippen molar-refractivity contribution in [2.45, 2.75) is 37.8 Å². The number of amides is 2. The van der Waals surface area contributed by atoms with E-state index >= 15 is 0 Å². The van der Waals surface area contributed by atoms with Crippen LogP contribution < -0.4 is 16.0 Å². The Morgan fingerprint density at radius 1 is 1.06 bits per heavy atom. The van der Waals surface area contributed by atoms with Crippen LogP contribution >= 0.6 is 11.3 Å². The van der Waals surface area contributed by atoms with Crippen LogP contribution in [0.25, 0.3) is 0 Å². The number of aryl methyl sites for hydroxylation is 1. The Labute approximate surface area is 198 Å². The van der Waals surface area contributed by atoms with Gasteiger partial charge in [-0.05, 0) is 47.9 Å². The summed E-state index contributed by atoms with van der Waals surface area (Å²) in [6, 6.07) is 21.5. The van der Waals surface area contributed by atoms with Crippen LogP contribution in [-0.4, -0.2) is 30.4 Å². The molecule has 2 heterocycles. The summed E-state index contributed by atoms with van der Waals surface area (Å²) >= 11 is 1.61. The third kappa shape index (κ3) is 6.18. The van der Waals surface area contributed by atoms with Gasteiger partial charge in [-0.1, -0.05) is 60.7 Å². The zero-order chi connectivity index (χ0) is 23.0. The second-order valence-electron chi connectivity index (χ2n) is 8.26. The molecule has 2 atom stereocenters. The lowest BCUT2D eigenvalue weighted by molar-refractivity contribution is -0.120. The molecule has 2 aromatic carbocycles. The van der Waals surface area contributed by atoms with Gasteiger partial charge in [0.05, 0.1) is 6.04 Å². The Morgan fingerprint density at radius 3 is 2.61 bits per heavy atom. The van der Waals surface area contributed by atoms with Gasteiger partial charge in [-0.2, -0.15) is 0 Å². The van der Waals surface area contributed by atoms with Gasteiger partial charge in [0.2, 0.25) is 5.91 Å². The van der Waals surface area contributed by atoms with Gasteiger partial charge in [-0.15, -0.1) is 11.3 Å². The number of nitrogens with one attached hydrogen (secondary N) is 1. The fraction of sp³-hybridized carbons (Fsp3) is 0.259. The fourth-order valence-electron chi connectivity index (χ4n) is 4.19. The molecule has 1 aromatic heterocycles. The van der Waals surface area contributed by atoms with Crippen LogP contribution in [0.5, 0.6) is 0 Å². The quantitative estimate of drug-likeness (QED) is 0.452. The summed E-state index contributed by atoms with van der Waals surface area (Å²) in [7, 11) is 0. The van der Waals surface area contributed by atoms with Crippen LogP contribution in [0, 0.1) is 0 Å². The third-order valence-corrected chi connectivity index (χ3v) is 6.85. The third-order valence-electron chi connectivity index (χ3n) is 5.96. The molecule has 0 aliphatic carbocycles. The number of nitrogens with zero attached hydrogens (tertiary/aromatic N) is 1. The maximum absolute atomic E-state index is 13.0. The SMILES string of the molecule is NC(=O)[C@H](Cc1cccs1)NC(C=CC(=O)N1CCc2ccccc21)CCc1ccccc1. The summed E-state index contributed by atoms with van der Waals surface area (Å²) in [6.45, 7) is 0.687. The first kappa shape index (κ1) is 23.0. The molecule has 0 saturated heterocycles. The predicted octanol–water partition coefficient (Wildman–Crippen LogP) is 3.88. The molecule has 0 spiro atoms. The van der Waals surface area contributed by atoms with Crippen molar-refractivity contribution in [1.82, 2.24) is 5.32 Å². The summed E-state index contributed by atoms with van der Waals surface area (Å²) < 4.78 is 0. The van der Waals surface area contributed by atoms with Gasteiger partial charge in [-0.3, -0.25) is 14.9 Å². The topological polar surface area (TPSA) is 75.4 Å². The molecule has 0 fully saturated rings. The average molecular weight is 460 g/mol. The number of primary amides is 1. The molecular formula is C27H29N3O2S. The largest absolute Gasteiger partial charge is 0.368 e. The number of para-hydroxylation sites is 1. The highest BCUT2D eigenvalue weighted by Crippen LogP contribution is 2.27. The van der Waals surface area contributed by atoms with E-state index in [-0.39, 0.29) is 17.9 Å². The maximum Gasteiger partial charge on any atom is 0.250 e. The highest BCUT2D eigenvalue weighted by atomic mass is 32.1. The zero-order valence-electron chi connectivity index (χ0n) is 18.5. The van der Waals surface area contributed by atoms with Crippen LogP contribution in [0.3, 0.4) is 0 Å². The van der Waals surface area contributed by atoms with E-state index in [4.69, 9.17) is 5.73 Å². The molecule has 2 amide bonds. The predicted molar refractivity (Wildman–Crippen MR) is 134 cm³/mol. The minimum Gasteiger partial charge on any atom is -0.368 e. The molecule has 0 radical (unpaired) electrons. The lowest BCUT2D eigenvalue weighted by Gasteiger charge is -2.22. The van der Waals surface area contributed by atoms with E-state index in [1.165, 1.54) is 11.1 Å². The van der Waals surface area contributed by atoms with E-state index in [1.807, 2.05) is 64.9 Å². The second kappa shape index (κ2) is 11.1. The summed E-state index contributed by atoms with van der Waals surface area (Å²) in [5.74, 6) is -0.429. The molecule has 6 heteroatoms. The van der Waals surface area contributed by atoms with E-state index in [0.29, 0.717) is 13.0 Å². The first-order valence-corrected chi connectivity index (χ1v) is 12.2. The second-order valence-corrected chi connectivity index (χ2v) is 9.30. The molecule has 1 unspecified atom stereocenters. The Morgan fingerprint density at radius 2 is 1.85 bits per heavy atom. The summed E-state index contributed by atoms with van der Waals surface area (Å²) in [6.07, 6.45) is 6.50. The van der Waals surface area contributed by atoms with Crippen molar-refractivity contribution >= 4 is 28.8 Å². The van der Waals surface area contributed by atoms with Gasteiger partial charge in [0.15, 0.2) is 0 Å². The van der Waals surface area contributed by atoms with Crippen molar-refractivity contribution in [2.75, 3.05) is 11.4 Å². The van der Waals surface area contributed by atoms with Crippen molar-refractivity contribution in [1.29, 1.82) is 0 Å². The van der Waals surface area contributed by atoms with Crippen LogP contribution in [0.1, 0.15) is 22.4 Å². The van der Waals surface area contributed by atoms with E-state index < -0.39 is 6.04 Å². The van der Waals surface area contributed by atoms with E-state index in [1.54, 1.807) is 17.4 Å². The number of hydrogen-bond acceptors (Lipinski definition) is 4. The molecule has 0 bridgehead atoms. The number of fused-ring (bicyclic) bond motifs is 1. The van der Waals surface area contributed by atoms with Crippen molar-refractivity contribution < 1.29 is 9.59 Å². The van der Waals surface area contributed by atoms with Crippen LogP contribution in [0.15, 0.2) is 84.3 Å². The fourth-order valence-corrected chi connectivity index (χ4v) is 4.94. The number of nitrogens with two attached hydrogens (primary N) is 1. The van der Waals surface area contributed by atoms with Crippen LogP contribution in [0.2, 0.25) is 0 Å². The van der Waals surface area contributed by atoms with E-state index in [2.05, 4.69) is 23.5 Å². The molecule has 5 nitrogen and oxygen atoms in total. The van der Waals surface area contributed by atoms with E-state index in [9.17, 15) is 9.59 Å². The van der Waals surface area contributed by atoms with E-state index in [0.717, 1.165) is 29.8 Å². The van der Waals surface area contributed by atoms with Crippen molar-refractivity contribution in [2.24, 2.45) is 5.73 Å². The summed E-state index contributed by atoms with van der Waals surface area (Å²) in [5, 5.41) is 5.39. The Hall–Kier alpha value is -3.22. The highest BCUT2D eigenvalue weighted by molar-refractivity contribution is 7.09. The van der Waals surface area contributed by atoms with Gasteiger partial charge in [0, 0.05) is 35.6 Å². The molecule has 1 aliphatic rings. The van der Waals surface area contributed by atoms with Crippen molar-refractivity contribution in [3.05, 3.63) is 100 Å². The van der Waals surface area contributed by atoms with Gasteiger partial charge >= 0.3 is 0 Å². The van der Waals surface area contributed by atoms with Crippen molar-refractivity contribution in [3.8, 4) is 0 Å². The van der Waals surface area contributed by atoms with Crippen LogP contribution in [-0.2, 0) is 28.9 Å². The molecule has 0 saturated carbocycles. The number of anilines is 1. The lowest BCUT2D eigenvalue weighted by Crippen LogP contribution is -2.47. The Balaban J connectivity index is 1.47. The first-order chi connectivity index (χ1) is 16.1. The van der Waals surface area contributed by atoms with Gasteiger partial charge in [0.1, 0.15) is 0 Å². The summed E-state index contributed by atoms with van der Waals surface area (Å²) in [4.78, 5) is 28.1. The molecule has 3 N–H and O–H groups in total. The van der Waals surface area contributed by atoms with Gasteiger partial charge in [0.25, 0.3) is 5.91 Å². The first-order valence-electron chi connectivity index (χ1n) is 11.3. The smallest absolute Gasteiger partial charge is 0.250 e. The number of carbonyl (C=O) groups excluding carboxylic acids is 2. The number of benzene rings is 2. The molecule has 33 heavy (non-hydrogen) atoms. The minimum absolute atomic E-state index is 0.0413. The molecular weight excluding hydrogens is 430 g/mol. The number of thiophene rings is 1. The Kier molecular flexibility index (Phi) is 7.70. The van der Waals surface area contributed by atoms with Gasteiger partial charge in [-0.25, -0.2) is 0 Å². The number of carbonyl (C=O) groups is 2.